The molecule has 1 rings (SSSR count). The zero-order valence-electron chi connectivity index (χ0n) is 8.07. The molecule has 0 atom stereocenters. The average molecular weight is 165 g/mol. The SMILES string of the molecule is CC(C)c1ncnc(C(C)C)n1. The number of rotatable bonds is 2. The topological polar surface area (TPSA) is 38.7 Å². The van der Waals surface area contributed by atoms with Crippen molar-refractivity contribution in [2.75, 3.05) is 0 Å². The van der Waals surface area contributed by atoms with Crippen LogP contribution in [0.5, 0.6) is 0 Å². The number of hydrogen-bond donors (Lipinski definition) is 0. The number of nitrogens with zero attached hydrogens (tertiary/aromatic N) is 3. The van der Waals surface area contributed by atoms with Gasteiger partial charge in [-0.1, -0.05) is 27.7 Å². The summed E-state index contributed by atoms with van der Waals surface area (Å²) in [7, 11) is 0. The Labute approximate surface area is 73.3 Å². The molecule has 1 aromatic rings. The number of hydrogen-bond acceptors (Lipinski definition) is 3. The van der Waals surface area contributed by atoms with Crippen LogP contribution in [-0.4, -0.2) is 15.0 Å². The summed E-state index contributed by atoms with van der Waals surface area (Å²) in [4.78, 5) is 12.5. The van der Waals surface area contributed by atoms with Crippen LogP contribution in [0.3, 0.4) is 0 Å². The summed E-state index contributed by atoms with van der Waals surface area (Å²) in [5.41, 5.74) is 0. The van der Waals surface area contributed by atoms with E-state index in [1.165, 1.54) is 0 Å². The molecule has 0 aliphatic rings. The monoisotopic (exact) mass is 165 g/mol. The summed E-state index contributed by atoms with van der Waals surface area (Å²) in [6, 6.07) is 0. The third-order valence-corrected chi connectivity index (χ3v) is 1.64. The smallest absolute Gasteiger partial charge is 0.134 e. The maximum atomic E-state index is 4.35. The van der Waals surface area contributed by atoms with Crippen molar-refractivity contribution in [3.8, 4) is 0 Å². The summed E-state index contributed by atoms with van der Waals surface area (Å²) in [6.07, 6.45) is 1.59. The lowest BCUT2D eigenvalue weighted by Gasteiger charge is -2.06. The molecule has 0 saturated carbocycles. The van der Waals surface area contributed by atoms with E-state index < -0.39 is 0 Å². The molecule has 66 valence electrons. The second kappa shape index (κ2) is 3.61. The van der Waals surface area contributed by atoms with E-state index >= 15 is 0 Å². The van der Waals surface area contributed by atoms with Crippen molar-refractivity contribution in [3.63, 3.8) is 0 Å². The molecule has 12 heavy (non-hydrogen) atoms. The summed E-state index contributed by atoms with van der Waals surface area (Å²) < 4.78 is 0. The van der Waals surface area contributed by atoms with Crippen LogP contribution >= 0.6 is 0 Å². The van der Waals surface area contributed by atoms with E-state index in [9.17, 15) is 0 Å². The summed E-state index contributed by atoms with van der Waals surface area (Å²) in [5, 5.41) is 0. The molecule has 0 bridgehead atoms. The van der Waals surface area contributed by atoms with Gasteiger partial charge in [0.1, 0.15) is 18.0 Å². The summed E-state index contributed by atoms with van der Waals surface area (Å²) in [6.45, 7) is 8.33. The second-order valence-corrected chi connectivity index (χ2v) is 3.51. The Morgan fingerprint density at radius 3 is 1.67 bits per heavy atom. The van der Waals surface area contributed by atoms with Crippen molar-refractivity contribution in [1.82, 2.24) is 15.0 Å². The van der Waals surface area contributed by atoms with Crippen molar-refractivity contribution in [2.45, 2.75) is 39.5 Å². The van der Waals surface area contributed by atoms with E-state index in [1.807, 2.05) is 0 Å². The van der Waals surface area contributed by atoms with Crippen LogP contribution in [0.25, 0.3) is 0 Å². The van der Waals surface area contributed by atoms with Crippen LogP contribution in [0.4, 0.5) is 0 Å². The van der Waals surface area contributed by atoms with Gasteiger partial charge in [0.2, 0.25) is 0 Å². The molecular weight excluding hydrogens is 150 g/mol. The van der Waals surface area contributed by atoms with E-state index in [0.29, 0.717) is 11.8 Å². The van der Waals surface area contributed by atoms with Gasteiger partial charge in [0.05, 0.1) is 0 Å². The zero-order chi connectivity index (χ0) is 9.14. The van der Waals surface area contributed by atoms with Gasteiger partial charge in [-0.3, -0.25) is 0 Å². The van der Waals surface area contributed by atoms with Gasteiger partial charge in [-0.25, -0.2) is 15.0 Å². The highest BCUT2D eigenvalue weighted by molar-refractivity contribution is 4.98. The van der Waals surface area contributed by atoms with Crippen LogP contribution < -0.4 is 0 Å². The minimum absolute atomic E-state index is 0.380. The first kappa shape index (κ1) is 9.10. The van der Waals surface area contributed by atoms with E-state index in [4.69, 9.17) is 0 Å². The van der Waals surface area contributed by atoms with E-state index in [-0.39, 0.29) is 0 Å². The fourth-order valence-electron chi connectivity index (χ4n) is 0.879. The molecule has 0 N–H and O–H groups in total. The molecule has 3 heteroatoms. The molecule has 1 aromatic heterocycles. The van der Waals surface area contributed by atoms with Crippen LogP contribution in [0.1, 0.15) is 51.2 Å². The maximum absolute atomic E-state index is 4.35. The molecule has 3 nitrogen and oxygen atoms in total. The Kier molecular flexibility index (Phi) is 2.74. The van der Waals surface area contributed by atoms with Crippen molar-refractivity contribution >= 4 is 0 Å². The summed E-state index contributed by atoms with van der Waals surface area (Å²) in [5.74, 6) is 2.53. The molecule has 0 unspecified atom stereocenters. The fraction of sp³-hybridized carbons (Fsp3) is 0.667. The zero-order valence-corrected chi connectivity index (χ0v) is 8.07. The lowest BCUT2D eigenvalue weighted by atomic mass is 10.2. The fourth-order valence-corrected chi connectivity index (χ4v) is 0.879. The van der Waals surface area contributed by atoms with Crippen LogP contribution in [0.2, 0.25) is 0 Å². The Balaban J connectivity index is 2.96. The number of aromatic nitrogens is 3. The maximum Gasteiger partial charge on any atom is 0.134 e. The first-order chi connectivity index (χ1) is 5.61. The van der Waals surface area contributed by atoms with Gasteiger partial charge in [0, 0.05) is 11.8 Å². The molecular formula is C9H15N3. The molecule has 1 heterocycles. The van der Waals surface area contributed by atoms with Crippen molar-refractivity contribution in [1.29, 1.82) is 0 Å². The van der Waals surface area contributed by atoms with Crippen LogP contribution in [0, 0.1) is 0 Å². The standard InChI is InChI=1S/C9H15N3/c1-6(2)8-10-5-11-9(12-8)7(3)4/h5-7H,1-4H3. The third-order valence-electron chi connectivity index (χ3n) is 1.64. The van der Waals surface area contributed by atoms with Gasteiger partial charge < -0.3 is 0 Å². The predicted molar refractivity (Wildman–Crippen MR) is 48.0 cm³/mol. The highest BCUT2D eigenvalue weighted by atomic mass is 15.0. The molecule has 0 aliphatic carbocycles. The third kappa shape index (κ3) is 2.00. The quantitative estimate of drug-likeness (QED) is 0.673. The Bertz CT molecular complexity index is 232. The lowest BCUT2D eigenvalue weighted by molar-refractivity contribution is 0.693. The average Bonchev–Trinajstić information content (AvgIpc) is 2.04. The molecule has 0 saturated heterocycles. The van der Waals surface area contributed by atoms with E-state index in [1.54, 1.807) is 6.33 Å². The minimum Gasteiger partial charge on any atom is -0.221 e. The van der Waals surface area contributed by atoms with Gasteiger partial charge in [0.15, 0.2) is 0 Å². The van der Waals surface area contributed by atoms with Gasteiger partial charge >= 0.3 is 0 Å². The molecule has 0 spiro atoms. The van der Waals surface area contributed by atoms with Gasteiger partial charge in [-0.15, -0.1) is 0 Å². The van der Waals surface area contributed by atoms with Crippen LogP contribution in [0.15, 0.2) is 6.33 Å². The first-order valence-corrected chi connectivity index (χ1v) is 4.30. The van der Waals surface area contributed by atoms with Gasteiger partial charge in [-0.05, 0) is 0 Å². The van der Waals surface area contributed by atoms with E-state index in [0.717, 1.165) is 11.6 Å². The highest BCUT2D eigenvalue weighted by Gasteiger charge is 2.06. The molecule has 0 fully saturated rings. The van der Waals surface area contributed by atoms with Gasteiger partial charge in [0.25, 0.3) is 0 Å². The first-order valence-electron chi connectivity index (χ1n) is 4.30. The largest absolute Gasteiger partial charge is 0.221 e. The lowest BCUT2D eigenvalue weighted by Crippen LogP contribution is -2.04. The molecule has 0 aromatic carbocycles. The second-order valence-electron chi connectivity index (χ2n) is 3.51. The Hall–Kier alpha value is -0.990. The molecule has 0 amide bonds. The highest BCUT2D eigenvalue weighted by Crippen LogP contribution is 2.11. The van der Waals surface area contributed by atoms with Crippen molar-refractivity contribution in [3.05, 3.63) is 18.0 Å². The van der Waals surface area contributed by atoms with Gasteiger partial charge in [-0.2, -0.15) is 0 Å². The minimum atomic E-state index is 0.380. The molecule has 0 radical (unpaired) electrons. The Morgan fingerprint density at radius 1 is 0.917 bits per heavy atom. The Morgan fingerprint density at radius 2 is 1.33 bits per heavy atom. The molecule has 0 aliphatic heterocycles. The van der Waals surface area contributed by atoms with Crippen LogP contribution in [-0.2, 0) is 0 Å². The summed E-state index contributed by atoms with van der Waals surface area (Å²) >= 11 is 0. The predicted octanol–water partition coefficient (Wildman–Crippen LogP) is 2.12. The normalized spacial score (nSPS) is 11.2. The van der Waals surface area contributed by atoms with E-state index in [2.05, 4.69) is 42.6 Å². The van der Waals surface area contributed by atoms with Crippen molar-refractivity contribution < 1.29 is 0 Å². The van der Waals surface area contributed by atoms with Crippen molar-refractivity contribution in [2.24, 2.45) is 0 Å².